The van der Waals surface area contributed by atoms with Crippen LogP contribution in [0.2, 0.25) is 5.15 Å². The molecule has 2 aliphatic rings. The van der Waals surface area contributed by atoms with Gasteiger partial charge in [0.1, 0.15) is 29.5 Å². The summed E-state index contributed by atoms with van der Waals surface area (Å²) in [4.78, 5) is 12.8. The zero-order valence-corrected chi connectivity index (χ0v) is 20.6. The van der Waals surface area contributed by atoms with E-state index in [1.165, 1.54) is 22.7 Å². The monoisotopic (exact) mass is 466 g/mol. The Balaban J connectivity index is 1.61. The minimum Gasteiger partial charge on any atom is -0.361 e. The second kappa shape index (κ2) is 9.37. The number of fused-ring (bicyclic) bond motifs is 1. The number of rotatable bonds is 6. The molecule has 1 saturated heterocycles. The van der Waals surface area contributed by atoms with Crippen molar-refractivity contribution in [3.63, 3.8) is 0 Å². The number of aryl methyl sites for hydroxylation is 1. The van der Waals surface area contributed by atoms with Gasteiger partial charge in [-0.25, -0.2) is 9.97 Å². The molecule has 0 saturated carbocycles. The van der Waals surface area contributed by atoms with Gasteiger partial charge >= 0.3 is 0 Å². The van der Waals surface area contributed by atoms with Gasteiger partial charge in [-0.1, -0.05) is 42.0 Å². The van der Waals surface area contributed by atoms with Gasteiger partial charge in [-0.3, -0.25) is 4.98 Å². The van der Waals surface area contributed by atoms with Crippen LogP contribution in [0.25, 0.3) is 11.6 Å². The number of nitrogens with zero attached hydrogens (tertiary/aromatic N) is 3. The highest BCUT2D eigenvalue weighted by molar-refractivity contribution is 6.30. The Kier molecular flexibility index (Phi) is 6.71. The van der Waals surface area contributed by atoms with Crippen molar-refractivity contribution in [2.45, 2.75) is 71.5 Å². The first kappa shape index (κ1) is 23.6. The quantitative estimate of drug-likeness (QED) is 0.512. The number of anilines is 1. The highest BCUT2D eigenvalue weighted by atomic mass is 35.5. The molecular formula is C26H31ClN4O2. The highest BCUT2D eigenvalue weighted by Crippen LogP contribution is 2.41. The molecule has 3 atom stereocenters. The van der Waals surface area contributed by atoms with Crippen molar-refractivity contribution in [3.05, 3.63) is 69.7 Å². The van der Waals surface area contributed by atoms with Crippen LogP contribution < -0.4 is 15.8 Å². The third kappa shape index (κ3) is 4.88. The van der Waals surface area contributed by atoms with Gasteiger partial charge in [-0.2, -0.15) is 0 Å². The van der Waals surface area contributed by atoms with Gasteiger partial charge in [0.2, 0.25) is 0 Å². The number of halogens is 1. The molecule has 4 rings (SSSR count). The summed E-state index contributed by atoms with van der Waals surface area (Å²) in [7, 11) is 0. The Hall–Kier alpha value is -2.54. The van der Waals surface area contributed by atoms with Crippen molar-refractivity contribution in [1.82, 2.24) is 15.0 Å². The first-order chi connectivity index (χ1) is 15.7. The minimum atomic E-state index is -0.640. The summed E-state index contributed by atoms with van der Waals surface area (Å²) in [5.41, 5.74) is 4.47. The average molecular weight is 467 g/mol. The maximum Gasteiger partial charge on any atom is 0.164 e. The number of nitrogens with one attached hydrogen (secondary N) is 1. The van der Waals surface area contributed by atoms with Crippen molar-refractivity contribution in [2.75, 3.05) is 5.32 Å². The molecule has 0 unspecified atom stereocenters. The van der Waals surface area contributed by atoms with Crippen molar-refractivity contribution in [3.8, 4) is 0 Å². The predicted octanol–water partition coefficient (Wildman–Crippen LogP) is 4.00. The summed E-state index contributed by atoms with van der Waals surface area (Å²) in [5.74, 6) is 0.0704. The third-order valence-corrected chi connectivity index (χ3v) is 6.67. The minimum absolute atomic E-state index is 0.0676. The van der Waals surface area contributed by atoms with Crippen LogP contribution in [-0.2, 0) is 9.47 Å². The van der Waals surface area contributed by atoms with E-state index in [9.17, 15) is 0 Å². The van der Waals surface area contributed by atoms with E-state index in [0.717, 1.165) is 29.2 Å². The van der Waals surface area contributed by atoms with Crippen LogP contribution in [0.1, 0.15) is 44.7 Å². The number of hydrogen-bond donors (Lipinski definition) is 1. The second-order valence-corrected chi connectivity index (χ2v) is 9.53. The summed E-state index contributed by atoms with van der Waals surface area (Å²) in [6.07, 6.45) is 12.9. The molecule has 0 radical (unpaired) electrons. The lowest BCUT2D eigenvalue weighted by molar-refractivity contribution is -0.145. The topological polar surface area (TPSA) is 69.2 Å². The van der Waals surface area contributed by atoms with E-state index in [4.69, 9.17) is 21.1 Å². The van der Waals surface area contributed by atoms with Crippen molar-refractivity contribution >= 4 is 29.1 Å². The molecule has 1 aliphatic heterocycles. The summed E-state index contributed by atoms with van der Waals surface area (Å²) in [5, 5.41) is 6.27. The van der Waals surface area contributed by atoms with Gasteiger partial charge < -0.3 is 14.8 Å². The van der Waals surface area contributed by atoms with Crippen LogP contribution in [0.3, 0.4) is 0 Å². The van der Waals surface area contributed by atoms with Gasteiger partial charge in [-0.15, -0.1) is 0 Å². The van der Waals surface area contributed by atoms with Gasteiger partial charge in [0.25, 0.3) is 0 Å². The molecule has 0 amide bonds. The number of aromatic nitrogens is 3. The molecule has 3 heterocycles. The molecule has 0 bridgehead atoms. The van der Waals surface area contributed by atoms with Crippen LogP contribution in [0.4, 0.5) is 5.82 Å². The van der Waals surface area contributed by atoms with E-state index in [0.29, 0.717) is 11.0 Å². The van der Waals surface area contributed by atoms with Crippen LogP contribution in [0, 0.1) is 13.8 Å². The number of ether oxygens (including phenoxy) is 2. The van der Waals surface area contributed by atoms with E-state index in [2.05, 4.69) is 46.8 Å². The molecule has 1 N–H and O–H groups in total. The van der Waals surface area contributed by atoms with E-state index < -0.39 is 5.79 Å². The fraction of sp³-hybridized carbons (Fsp3) is 0.423. The van der Waals surface area contributed by atoms with E-state index in [1.54, 1.807) is 0 Å². The lowest BCUT2D eigenvalue weighted by atomic mass is 10.0. The maximum atomic E-state index is 6.30. The van der Waals surface area contributed by atoms with E-state index in [-0.39, 0.29) is 18.2 Å². The lowest BCUT2D eigenvalue weighted by Crippen LogP contribution is -2.35. The molecule has 1 aliphatic carbocycles. The fourth-order valence-corrected chi connectivity index (χ4v) is 4.69. The summed E-state index contributed by atoms with van der Waals surface area (Å²) in [6.45, 7) is 13.9. The van der Waals surface area contributed by atoms with Crippen LogP contribution in [0.5, 0.6) is 0 Å². The number of pyridine rings is 1. The Morgan fingerprint density at radius 1 is 1.24 bits per heavy atom. The summed E-state index contributed by atoms with van der Waals surface area (Å²) < 4.78 is 12.6. The molecular weight excluding hydrogens is 436 g/mol. The first-order valence-electron chi connectivity index (χ1n) is 11.2. The molecule has 1 fully saturated rings. The third-order valence-electron chi connectivity index (χ3n) is 6.29. The van der Waals surface area contributed by atoms with Crippen LogP contribution in [0.15, 0.2) is 43.0 Å². The second-order valence-electron chi connectivity index (χ2n) is 9.17. The molecule has 2 aromatic rings. The molecule has 0 spiro atoms. The van der Waals surface area contributed by atoms with Gasteiger partial charge in [0.15, 0.2) is 5.79 Å². The van der Waals surface area contributed by atoms with E-state index >= 15 is 0 Å². The number of allylic oxidation sites excluding steroid dienone is 1. The number of hydrogen-bond acceptors (Lipinski definition) is 6. The first-order valence-corrected chi connectivity index (χ1v) is 11.6. The van der Waals surface area contributed by atoms with Gasteiger partial charge in [0, 0.05) is 18.0 Å². The SMILES string of the molecule is C=C/C=c1/c(C)cnc/c1=C(/C)CCC1=C[C@@H](Nc2ncnc(Cl)c2C)[C@@H]2OC(C)(C)O[C@H]12. The van der Waals surface area contributed by atoms with Gasteiger partial charge in [0.05, 0.1) is 6.04 Å². The largest absolute Gasteiger partial charge is 0.361 e. The molecule has 6 nitrogen and oxygen atoms in total. The van der Waals surface area contributed by atoms with Crippen molar-refractivity contribution < 1.29 is 9.47 Å². The van der Waals surface area contributed by atoms with Crippen LogP contribution >= 0.6 is 11.6 Å². The maximum absolute atomic E-state index is 6.30. The molecule has 7 heteroatoms. The predicted molar refractivity (Wildman–Crippen MR) is 132 cm³/mol. The molecule has 2 aromatic heterocycles. The van der Waals surface area contributed by atoms with Crippen molar-refractivity contribution in [2.24, 2.45) is 0 Å². The van der Waals surface area contributed by atoms with Gasteiger partial charge in [-0.05, 0) is 69.0 Å². The lowest BCUT2D eigenvalue weighted by Gasteiger charge is -2.22. The van der Waals surface area contributed by atoms with Crippen molar-refractivity contribution in [1.29, 1.82) is 0 Å². The Morgan fingerprint density at radius 2 is 2.03 bits per heavy atom. The normalized spacial score (nSPS) is 25.0. The Morgan fingerprint density at radius 3 is 2.79 bits per heavy atom. The Labute approximate surface area is 200 Å². The zero-order chi connectivity index (χ0) is 23.8. The fourth-order valence-electron chi connectivity index (χ4n) is 4.56. The summed E-state index contributed by atoms with van der Waals surface area (Å²) >= 11 is 6.19. The summed E-state index contributed by atoms with van der Waals surface area (Å²) in [6, 6.07) is -0.0676. The molecule has 174 valence electrons. The Bertz CT molecular complexity index is 1220. The van der Waals surface area contributed by atoms with E-state index in [1.807, 2.05) is 45.3 Å². The highest BCUT2D eigenvalue weighted by Gasteiger charge is 2.49. The molecule has 33 heavy (non-hydrogen) atoms. The smallest absolute Gasteiger partial charge is 0.164 e. The average Bonchev–Trinajstić information content (AvgIpc) is 3.24. The molecule has 0 aromatic carbocycles. The zero-order valence-electron chi connectivity index (χ0n) is 19.9. The standard InChI is InChI=1S/C26H31ClN4O2/c1-7-8-19-16(3)12-28-13-20(19)15(2)9-10-18-11-21(23-22(18)32-26(5,6)33-23)31-25-17(4)24(27)29-14-30-25/h7-8,11-14,21-23H,1,9-10H2,2-6H3,(H,29,30,31)/b19-8-,20-15+/t21-,22-,23+/m1/s1. The van der Waals surface area contributed by atoms with Crippen LogP contribution in [-0.4, -0.2) is 39.0 Å².